The van der Waals surface area contributed by atoms with Crippen LogP contribution in [0.3, 0.4) is 0 Å². The quantitative estimate of drug-likeness (QED) is 0.211. The van der Waals surface area contributed by atoms with Gasteiger partial charge in [-0.05, 0) is 69.1 Å². The molecule has 2 aliphatic rings. The Morgan fingerprint density at radius 1 is 0.968 bits per heavy atom. The van der Waals surface area contributed by atoms with Gasteiger partial charge in [-0.1, -0.05) is 52.0 Å². The van der Waals surface area contributed by atoms with Gasteiger partial charge in [0.1, 0.15) is 12.3 Å². The molecular formula is C26H44F2O3. The number of aliphatic hydroxyl groups excluding tert-OH is 1. The van der Waals surface area contributed by atoms with Gasteiger partial charge in [0.25, 0.3) is 0 Å². The van der Waals surface area contributed by atoms with Crippen LogP contribution >= 0.6 is 0 Å². The Bertz CT molecular complexity index is 537. The summed E-state index contributed by atoms with van der Waals surface area (Å²) >= 11 is 0. The van der Waals surface area contributed by atoms with Crippen LogP contribution in [0, 0.1) is 29.6 Å². The van der Waals surface area contributed by atoms with E-state index in [2.05, 4.69) is 13.5 Å². The fraction of sp³-hybridized carbons (Fsp3) is 0.885. The maximum absolute atomic E-state index is 15.1. The van der Waals surface area contributed by atoms with Crippen LogP contribution in [0.5, 0.6) is 0 Å². The highest BCUT2D eigenvalue weighted by Gasteiger charge is 2.39. The number of hydrogen-bond acceptors (Lipinski definition) is 3. The van der Waals surface area contributed by atoms with E-state index in [0.717, 1.165) is 38.5 Å². The van der Waals surface area contributed by atoms with Gasteiger partial charge in [-0.15, -0.1) is 0 Å². The lowest BCUT2D eigenvalue weighted by Gasteiger charge is -2.37. The number of hydrogen-bond donors (Lipinski definition) is 1. The predicted octanol–water partition coefficient (Wildman–Crippen LogP) is 6.58. The van der Waals surface area contributed by atoms with Crippen LogP contribution in [0.15, 0.2) is 12.2 Å². The molecule has 1 N–H and O–H groups in total. The molecule has 2 saturated carbocycles. The molecule has 0 amide bonds. The predicted molar refractivity (Wildman–Crippen MR) is 121 cm³/mol. The van der Waals surface area contributed by atoms with E-state index in [1.807, 2.05) is 0 Å². The molecule has 0 bridgehead atoms. The van der Waals surface area contributed by atoms with Crippen molar-refractivity contribution in [3.63, 3.8) is 0 Å². The number of halogens is 2. The maximum atomic E-state index is 15.1. The van der Waals surface area contributed by atoms with Crippen LogP contribution < -0.4 is 0 Å². The molecule has 0 aromatic rings. The van der Waals surface area contributed by atoms with Gasteiger partial charge in [-0.25, -0.2) is 13.6 Å². The minimum Gasteiger partial charge on any atom is -0.462 e. The van der Waals surface area contributed by atoms with E-state index < -0.39 is 18.3 Å². The molecule has 2 aliphatic carbocycles. The van der Waals surface area contributed by atoms with Crippen LogP contribution in [-0.4, -0.2) is 36.6 Å². The minimum absolute atomic E-state index is 0.0644. The van der Waals surface area contributed by atoms with Gasteiger partial charge in [0.15, 0.2) is 0 Å². The van der Waals surface area contributed by atoms with Crippen molar-refractivity contribution in [2.75, 3.05) is 13.2 Å². The first-order chi connectivity index (χ1) is 14.9. The fourth-order valence-corrected chi connectivity index (χ4v) is 5.58. The van der Waals surface area contributed by atoms with Crippen molar-refractivity contribution in [2.24, 2.45) is 29.6 Å². The number of esters is 1. The van der Waals surface area contributed by atoms with E-state index in [0.29, 0.717) is 24.3 Å². The fourth-order valence-electron chi connectivity index (χ4n) is 5.58. The average Bonchev–Trinajstić information content (AvgIpc) is 2.79. The molecule has 0 aliphatic heterocycles. The molecule has 180 valence electrons. The van der Waals surface area contributed by atoms with Crippen LogP contribution in [-0.2, 0) is 9.53 Å². The Morgan fingerprint density at radius 2 is 1.48 bits per heavy atom. The largest absolute Gasteiger partial charge is 0.462 e. The van der Waals surface area contributed by atoms with Gasteiger partial charge in [-0.3, -0.25) is 0 Å². The van der Waals surface area contributed by atoms with Crippen molar-refractivity contribution in [3.8, 4) is 0 Å². The Kier molecular flexibility index (Phi) is 11.5. The van der Waals surface area contributed by atoms with Gasteiger partial charge in [-0.2, -0.15) is 0 Å². The molecule has 0 aromatic carbocycles. The van der Waals surface area contributed by atoms with Crippen molar-refractivity contribution in [2.45, 2.75) is 103 Å². The highest BCUT2D eigenvalue weighted by molar-refractivity contribution is 5.86. The lowest BCUT2D eigenvalue weighted by atomic mass is 9.71. The number of unbranched alkanes of at least 4 members (excludes halogenated alkanes) is 2. The first-order valence-electron chi connectivity index (χ1n) is 12.6. The molecule has 0 heterocycles. The second-order valence-electron chi connectivity index (χ2n) is 10.2. The van der Waals surface area contributed by atoms with E-state index in [1.165, 1.54) is 25.7 Å². The van der Waals surface area contributed by atoms with Crippen molar-refractivity contribution >= 4 is 5.97 Å². The molecule has 2 rings (SSSR count). The number of carbonyl (C=O) groups excluding carboxylic acids is 1. The normalized spacial score (nSPS) is 29.7. The molecule has 3 atom stereocenters. The zero-order valence-corrected chi connectivity index (χ0v) is 19.7. The monoisotopic (exact) mass is 442 g/mol. The van der Waals surface area contributed by atoms with Crippen molar-refractivity contribution in [1.29, 1.82) is 0 Å². The highest BCUT2D eigenvalue weighted by Crippen LogP contribution is 2.41. The summed E-state index contributed by atoms with van der Waals surface area (Å²) in [6.07, 6.45) is 8.83. The lowest BCUT2D eigenvalue weighted by Crippen LogP contribution is -2.37. The Morgan fingerprint density at radius 3 is 1.97 bits per heavy atom. The number of rotatable bonds is 12. The molecule has 3 nitrogen and oxygen atoms in total. The molecule has 0 aromatic heterocycles. The van der Waals surface area contributed by atoms with E-state index in [-0.39, 0.29) is 36.9 Å². The Labute approximate surface area is 188 Å². The number of alkyl halides is 2. The SMILES string of the molecule is C=C(C)C(=O)OCC(CO)C1CCC(C(F)C(F)C2CCC(CCCCC)CC2)CC1. The van der Waals surface area contributed by atoms with Gasteiger partial charge >= 0.3 is 5.97 Å². The van der Waals surface area contributed by atoms with Crippen LogP contribution in [0.2, 0.25) is 0 Å². The van der Waals surface area contributed by atoms with E-state index >= 15 is 8.78 Å². The van der Waals surface area contributed by atoms with E-state index in [9.17, 15) is 9.90 Å². The molecular weight excluding hydrogens is 398 g/mol. The zero-order valence-electron chi connectivity index (χ0n) is 19.7. The summed E-state index contributed by atoms with van der Waals surface area (Å²) in [4.78, 5) is 11.6. The van der Waals surface area contributed by atoms with Gasteiger partial charge < -0.3 is 9.84 Å². The van der Waals surface area contributed by atoms with Crippen molar-refractivity contribution < 1.29 is 23.4 Å². The molecule has 0 saturated heterocycles. The minimum atomic E-state index is -1.38. The van der Waals surface area contributed by atoms with Crippen LogP contribution in [0.1, 0.15) is 90.9 Å². The number of aliphatic hydroxyl groups is 1. The third-order valence-corrected chi connectivity index (χ3v) is 7.81. The number of carbonyl (C=O) groups is 1. The second kappa shape index (κ2) is 13.5. The summed E-state index contributed by atoms with van der Waals surface area (Å²) in [5.41, 5.74) is 0.338. The third kappa shape index (κ3) is 8.14. The first kappa shape index (κ1) is 26.3. The maximum Gasteiger partial charge on any atom is 0.333 e. The average molecular weight is 443 g/mol. The zero-order chi connectivity index (χ0) is 22.8. The van der Waals surface area contributed by atoms with Crippen LogP contribution in [0.4, 0.5) is 8.78 Å². The molecule has 3 unspecified atom stereocenters. The van der Waals surface area contributed by atoms with Crippen molar-refractivity contribution in [1.82, 2.24) is 0 Å². The molecule has 0 radical (unpaired) electrons. The lowest BCUT2D eigenvalue weighted by molar-refractivity contribution is -0.141. The molecule has 5 heteroatoms. The molecule has 31 heavy (non-hydrogen) atoms. The van der Waals surface area contributed by atoms with Gasteiger partial charge in [0.05, 0.1) is 6.61 Å². The summed E-state index contributed by atoms with van der Waals surface area (Å²) in [5, 5.41) is 9.70. The molecule has 2 fully saturated rings. The van der Waals surface area contributed by atoms with Crippen LogP contribution in [0.25, 0.3) is 0 Å². The molecule has 0 spiro atoms. The Balaban J connectivity index is 1.73. The van der Waals surface area contributed by atoms with Crippen molar-refractivity contribution in [3.05, 3.63) is 12.2 Å². The summed E-state index contributed by atoms with van der Waals surface area (Å²) < 4.78 is 35.3. The smallest absolute Gasteiger partial charge is 0.333 e. The van der Waals surface area contributed by atoms with Gasteiger partial charge in [0.2, 0.25) is 0 Å². The summed E-state index contributed by atoms with van der Waals surface area (Å²) in [6.45, 7) is 7.46. The topological polar surface area (TPSA) is 46.5 Å². The van der Waals surface area contributed by atoms with Gasteiger partial charge in [0, 0.05) is 18.1 Å². The standard InChI is InChI=1S/C26H44F2O3/c1-4-5-6-7-19-8-10-21(11-9-19)24(27)25(28)22-14-12-20(13-15-22)23(16-29)17-31-26(30)18(2)3/h19-25,29H,2,4-17H2,1,3H3. The summed E-state index contributed by atoms with van der Waals surface area (Å²) in [7, 11) is 0. The van der Waals surface area contributed by atoms with E-state index in [1.54, 1.807) is 6.92 Å². The Hall–Kier alpha value is -0.970. The first-order valence-corrected chi connectivity index (χ1v) is 12.6. The van der Waals surface area contributed by atoms with E-state index in [4.69, 9.17) is 4.74 Å². The summed E-state index contributed by atoms with van der Waals surface area (Å²) in [5.74, 6) is -0.0589. The number of ether oxygens (including phenoxy) is 1. The summed E-state index contributed by atoms with van der Waals surface area (Å²) in [6, 6.07) is 0. The third-order valence-electron chi connectivity index (χ3n) is 7.81. The second-order valence-corrected chi connectivity index (χ2v) is 10.2. The highest BCUT2D eigenvalue weighted by atomic mass is 19.2.